The van der Waals surface area contributed by atoms with Crippen molar-refractivity contribution in [1.82, 2.24) is 8.96 Å². The lowest BCUT2D eigenvalue weighted by molar-refractivity contribution is -0.135. The Balaban J connectivity index is 0.873. The van der Waals surface area contributed by atoms with Gasteiger partial charge in [0.25, 0.3) is 0 Å². The highest BCUT2D eigenvalue weighted by Crippen LogP contribution is 2.47. The van der Waals surface area contributed by atoms with Gasteiger partial charge >= 0.3 is 25.1 Å². The standard InChI is InChI=1S/C80H81BN6O7S6/c1-79(2,3)49-80(4,5)53-33-35-54(36-34-53)94-81-86-75-62-38-31-52(60-23-11-14-26-69(60)93-72(90)29-17-8-20-57-42-45-97-100-57)48-66(62)78(86)85-76-63-39-32-51(59-22-10-13-25-68(59)92-71(89)28-16-7-19-56-41-44-96-99-56)47-65(63)77(87(76)81)83-73-61-37-30-50(46-64(61)74(82-73)84-75)58-21-9-12-24-67(58)91-70(88)27-15-6-18-55-40-43-95-98-55/h9-14,21-26,30-39,46-48,55-57H,6-8,15-20,27-29,40-45,49H2,1-5H3. The fourth-order valence-electron chi connectivity index (χ4n) is 14.8. The number of rotatable bonds is 25. The summed E-state index contributed by atoms with van der Waals surface area (Å²) in [6.07, 6.45) is 14.2. The molecule has 20 heteroatoms. The molecule has 3 saturated heterocycles. The molecule has 3 fully saturated rings. The van der Waals surface area contributed by atoms with Crippen LogP contribution in [0.4, 0.5) is 11.6 Å². The second-order valence-electron chi connectivity index (χ2n) is 28.6. The predicted octanol–water partition coefficient (Wildman–Crippen LogP) is 20.4. The van der Waals surface area contributed by atoms with E-state index in [-0.39, 0.29) is 28.7 Å². The number of hydrogen-bond donors (Lipinski definition) is 0. The summed E-state index contributed by atoms with van der Waals surface area (Å²) in [7, 11) is 10.8. The van der Waals surface area contributed by atoms with Crippen LogP contribution in [0.15, 0.2) is 172 Å². The van der Waals surface area contributed by atoms with Gasteiger partial charge in [-0.2, -0.15) is 0 Å². The number of fused-ring (bicyclic) bond motifs is 10. The number of nitrogens with zero attached hydrogens (tertiary/aromatic N) is 6. The molecule has 0 N–H and O–H groups in total. The van der Waals surface area contributed by atoms with Crippen LogP contribution >= 0.6 is 64.8 Å². The van der Waals surface area contributed by atoms with E-state index in [1.807, 2.05) is 150 Å². The van der Waals surface area contributed by atoms with Gasteiger partial charge in [-0.1, -0.05) is 204 Å². The maximum atomic E-state index is 13.7. The van der Waals surface area contributed by atoms with Gasteiger partial charge in [0, 0.05) is 102 Å². The van der Waals surface area contributed by atoms with Crippen LogP contribution in [0.1, 0.15) is 154 Å². The molecule has 0 aliphatic carbocycles. The molecule has 4 bridgehead atoms. The summed E-state index contributed by atoms with van der Waals surface area (Å²) in [5.74, 6) is 6.92. The summed E-state index contributed by atoms with van der Waals surface area (Å²) >= 11 is 0. The minimum Gasteiger partial charge on any atom is -0.523 e. The highest BCUT2D eigenvalue weighted by molar-refractivity contribution is 8.78. The van der Waals surface area contributed by atoms with Crippen LogP contribution < -0.4 is 29.8 Å². The van der Waals surface area contributed by atoms with E-state index in [0.29, 0.717) is 92.3 Å². The van der Waals surface area contributed by atoms with Crippen molar-refractivity contribution >= 4 is 135 Å². The number of aromatic nitrogens is 2. The molecule has 100 heavy (non-hydrogen) atoms. The summed E-state index contributed by atoms with van der Waals surface area (Å²) in [6.45, 7) is 11.5. The molecule has 9 aromatic rings. The number of unbranched alkanes of at least 4 members (excludes halogenated alkanes) is 3. The van der Waals surface area contributed by atoms with Crippen LogP contribution in [-0.4, -0.2) is 78.7 Å². The minimum absolute atomic E-state index is 0.0987. The molecule has 15 rings (SSSR count). The van der Waals surface area contributed by atoms with Gasteiger partial charge < -0.3 is 18.9 Å². The molecular formula is C80H81BN6O7S6. The first kappa shape index (κ1) is 68.7. The van der Waals surface area contributed by atoms with Gasteiger partial charge in [-0.3, -0.25) is 23.3 Å². The van der Waals surface area contributed by atoms with Crippen molar-refractivity contribution in [2.75, 3.05) is 17.3 Å². The Bertz CT molecular complexity index is 4810. The number of carbonyl (C=O) groups excluding carboxylic acids is 3. The van der Waals surface area contributed by atoms with E-state index < -0.39 is 7.19 Å². The van der Waals surface area contributed by atoms with Crippen molar-refractivity contribution in [3.8, 4) is 56.4 Å². The SMILES string of the molecule is CC(C)(C)CC(C)(C)c1ccc(OB2n3c4c5ccc(-c6ccccc6OC(=O)CCCCC6CCSS6)cc5c3N=c3c5ccc(-c6ccccc6OC(=O)CCCCC6CCSS6)cc5c(n32)=NC2=NC(=N4)c3cc(-c4ccccc4OC(=O)CCCCC4CCSS4)ccc32)cc1. The summed E-state index contributed by atoms with van der Waals surface area (Å²) < 4.78 is 30.5. The van der Waals surface area contributed by atoms with Crippen LogP contribution in [0.5, 0.6) is 23.0 Å². The van der Waals surface area contributed by atoms with E-state index in [0.717, 1.165) is 130 Å². The van der Waals surface area contributed by atoms with Gasteiger partial charge in [0.2, 0.25) is 0 Å². The molecule has 512 valence electrons. The summed E-state index contributed by atoms with van der Waals surface area (Å²) in [6, 6.07) is 50.4. The molecule has 6 aliphatic heterocycles. The van der Waals surface area contributed by atoms with E-state index in [9.17, 15) is 14.4 Å². The van der Waals surface area contributed by atoms with Crippen LogP contribution in [0, 0.1) is 5.41 Å². The molecule has 6 aliphatic rings. The zero-order valence-corrected chi connectivity index (χ0v) is 62.1. The fraction of sp³-hybridized carbons (Fsp3) is 0.362. The first-order valence-corrected chi connectivity index (χ1v) is 42.4. The molecule has 3 atom stereocenters. The molecule has 13 nitrogen and oxygen atoms in total. The van der Waals surface area contributed by atoms with Crippen molar-refractivity contribution in [3.63, 3.8) is 0 Å². The first-order chi connectivity index (χ1) is 48.6. The quantitative estimate of drug-likeness (QED) is 0.0176. The second-order valence-corrected chi connectivity index (χ2v) is 37.0. The lowest BCUT2D eigenvalue weighted by atomic mass is 9.72. The van der Waals surface area contributed by atoms with E-state index in [1.54, 1.807) is 0 Å². The number of benzene rings is 7. The van der Waals surface area contributed by atoms with Gasteiger partial charge in [0.1, 0.15) is 45.6 Å². The second kappa shape index (κ2) is 30.1. The largest absolute Gasteiger partial charge is 0.633 e. The summed E-state index contributed by atoms with van der Waals surface area (Å²) in [5, 5.41) is 5.14. The van der Waals surface area contributed by atoms with Crippen molar-refractivity contribution in [1.29, 1.82) is 0 Å². The lowest BCUT2D eigenvalue weighted by Crippen LogP contribution is -2.52. The average Bonchev–Trinajstić information content (AvgIpc) is 1.54. The van der Waals surface area contributed by atoms with Crippen LogP contribution in [0.3, 0.4) is 0 Å². The number of carbonyl (C=O) groups is 3. The molecular weight excluding hydrogens is 1360 g/mol. The van der Waals surface area contributed by atoms with Crippen LogP contribution in [0.25, 0.3) is 54.9 Å². The highest BCUT2D eigenvalue weighted by atomic mass is 33.1. The van der Waals surface area contributed by atoms with E-state index in [1.165, 1.54) is 42.1 Å². The first-order valence-electron chi connectivity index (χ1n) is 35.3. The third-order valence-electron chi connectivity index (χ3n) is 19.5. The lowest BCUT2D eigenvalue weighted by Gasteiger charge is -2.33. The highest BCUT2D eigenvalue weighted by Gasteiger charge is 2.41. The number of ether oxygens (including phenoxy) is 3. The minimum atomic E-state index is -0.960. The van der Waals surface area contributed by atoms with E-state index >= 15 is 0 Å². The molecule has 8 heterocycles. The number of hydrogen-bond acceptors (Lipinski definition) is 17. The van der Waals surface area contributed by atoms with Crippen molar-refractivity contribution in [3.05, 3.63) is 179 Å². The number of aliphatic imine (C=N–C) groups is 2. The number of para-hydroxylation sites is 3. The monoisotopic (exact) mass is 1440 g/mol. The fourth-order valence-corrected chi connectivity index (χ4v) is 23.9. The Kier molecular flexibility index (Phi) is 20.7. The molecule has 2 aromatic heterocycles. The molecule has 0 radical (unpaired) electrons. The third kappa shape index (κ3) is 15.1. The summed E-state index contributed by atoms with van der Waals surface area (Å²) in [5.41, 5.74) is 8.61. The zero-order chi connectivity index (χ0) is 68.5. The predicted molar refractivity (Wildman–Crippen MR) is 420 cm³/mol. The third-order valence-corrected chi connectivity index (χ3v) is 28.5. The van der Waals surface area contributed by atoms with Crippen molar-refractivity contribution < 1.29 is 33.2 Å². The maximum absolute atomic E-state index is 13.7. The van der Waals surface area contributed by atoms with Gasteiger partial charge in [0.15, 0.2) is 11.7 Å². The van der Waals surface area contributed by atoms with Gasteiger partial charge in [-0.15, -0.1) is 0 Å². The molecule has 3 unspecified atom stereocenters. The van der Waals surface area contributed by atoms with Gasteiger partial charge in [-0.25, -0.2) is 20.0 Å². The Morgan fingerprint density at radius 3 is 1.42 bits per heavy atom. The molecule has 0 spiro atoms. The Hall–Kier alpha value is -7.07. The summed E-state index contributed by atoms with van der Waals surface area (Å²) in [4.78, 5) is 63.6. The molecule has 0 amide bonds. The van der Waals surface area contributed by atoms with E-state index in [4.69, 9.17) is 38.8 Å². The topological polar surface area (TPSA) is 147 Å². The van der Waals surface area contributed by atoms with Crippen LogP contribution in [0.2, 0.25) is 0 Å². The van der Waals surface area contributed by atoms with Gasteiger partial charge in [0.05, 0.1) is 0 Å². The Labute approximate surface area is 609 Å². The van der Waals surface area contributed by atoms with Crippen molar-refractivity contribution in [2.24, 2.45) is 25.4 Å². The number of esters is 3. The molecule has 0 saturated carbocycles. The van der Waals surface area contributed by atoms with Crippen molar-refractivity contribution in [2.45, 2.75) is 159 Å². The van der Waals surface area contributed by atoms with Gasteiger partial charge in [-0.05, 0) is 164 Å². The Morgan fingerprint density at radius 1 is 0.450 bits per heavy atom. The smallest absolute Gasteiger partial charge is 0.523 e. The average molecular weight is 1440 g/mol. The van der Waals surface area contributed by atoms with Crippen LogP contribution in [-0.2, 0) is 19.8 Å². The Morgan fingerprint density at radius 2 is 0.910 bits per heavy atom. The number of amidine groups is 2. The maximum Gasteiger partial charge on any atom is 0.633 e. The van der Waals surface area contributed by atoms with E-state index in [2.05, 4.69) is 110 Å². The normalized spacial score (nSPS) is 17.6. The zero-order valence-electron chi connectivity index (χ0n) is 57.2. The molecule has 7 aromatic carbocycles.